The third-order valence-corrected chi connectivity index (χ3v) is 14.6. The number of benzene rings is 2. The summed E-state index contributed by atoms with van der Waals surface area (Å²) in [5.41, 5.74) is 5.54. The van der Waals surface area contributed by atoms with Crippen molar-refractivity contribution in [3.05, 3.63) is 131 Å². The number of hydroxylamine groups is 2. The largest absolute Gasteiger partial charge is 0.507 e. The van der Waals surface area contributed by atoms with Crippen LogP contribution in [0.4, 0.5) is 8.78 Å². The maximum absolute atomic E-state index is 12.9. The number of aromatic hydroxyl groups is 2. The molecule has 2 aromatic carbocycles. The summed E-state index contributed by atoms with van der Waals surface area (Å²) in [6.07, 6.45) is 3.07. The molecule has 4 aliphatic heterocycles. The second-order valence-electron chi connectivity index (χ2n) is 29.9. The molecule has 1 fully saturated rings. The number of phenols is 2. The van der Waals surface area contributed by atoms with Gasteiger partial charge < -0.3 is 53.3 Å². The molecule has 4 aromatic rings. The molecule has 1 atom stereocenters. The van der Waals surface area contributed by atoms with Crippen LogP contribution in [0.25, 0.3) is 0 Å². The predicted molar refractivity (Wildman–Crippen MR) is 387 cm³/mol. The number of hydrogen-bond donors (Lipinski definition) is 7. The molecule has 28 heteroatoms. The van der Waals surface area contributed by atoms with Crippen LogP contribution in [-0.4, -0.2) is 129 Å². The molecule has 23 nitrogen and oxygen atoms in total. The normalized spacial score (nSPS) is 15.4. The number of aromatic nitrogens is 5. The number of phenolic OH excluding ortho intramolecular Hbond substituents is 2. The minimum atomic E-state index is -0.912. The zero-order valence-corrected chi connectivity index (χ0v) is 63.9. The van der Waals surface area contributed by atoms with Crippen LogP contribution in [0.5, 0.6) is 11.5 Å². The van der Waals surface area contributed by atoms with Crippen molar-refractivity contribution in [2.45, 2.75) is 228 Å². The summed E-state index contributed by atoms with van der Waals surface area (Å²) < 4.78 is 56.1. The molecule has 0 bridgehead atoms. The van der Waals surface area contributed by atoms with Crippen LogP contribution >= 0.6 is 35.5 Å². The van der Waals surface area contributed by atoms with E-state index in [2.05, 4.69) is 96.3 Å². The third kappa shape index (κ3) is 44.1. The fraction of sp³-hybridized carbons (Fsp3) is 0.580. The van der Waals surface area contributed by atoms with Crippen molar-refractivity contribution >= 4 is 63.9 Å². The molecule has 0 amide bonds. The number of para-hydroxylation sites is 1. The molecular weight excluding hydrogens is 1310 g/mol. The lowest BCUT2D eigenvalue weighted by molar-refractivity contribution is -0.122. The zero-order valence-electron chi connectivity index (χ0n) is 61.5. The number of thioether (sulfide) groups is 2. The third-order valence-electron chi connectivity index (χ3n) is 11.2. The van der Waals surface area contributed by atoms with Crippen LogP contribution < -0.4 is 21.4 Å². The number of amidine groups is 3. The minimum Gasteiger partial charge on any atom is -0.507 e. The molecule has 97 heavy (non-hydrogen) atoms. The van der Waals surface area contributed by atoms with Crippen LogP contribution in [0, 0.1) is 17.0 Å². The molecule has 0 saturated carbocycles. The van der Waals surface area contributed by atoms with Gasteiger partial charge in [-0.2, -0.15) is 15.1 Å². The first-order valence-electron chi connectivity index (χ1n) is 31.2. The Kier molecular flexibility index (Phi) is 36.3. The molecule has 2 aromatic heterocycles. The molecule has 0 spiro atoms. The van der Waals surface area contributed by atoms with Gasteiger partial charge in [-0.15, -0.1) is 11.8 Å². The minimum absolute atomic E-state index is 0.000694. The van der Waals surface area contributed by atoms with Crippen molar-refractivity contribution in [3.8, 4) is 11.5 Å². The Morgan fingerprint density at radius 3 is 1.44 bits per heavy atom. The zero-order chi connectivity index (χ0) is 74.6. The number of Topliss-reactive ketones (excluding diaryl/α,β-unsaturated/α-hetero) is 1. The van der Waals surface area contributed by atoms with Crippen LogP contribution in [0.3, 0.4) is 0 Å². The van der Waals surface area contributed by atoms with Gasteiger partial charge in [-0.1, -0.05) is 92.8 Å². The highest BCUT2D eigenvalue weighted by atomic mass is 32.2. The number of ketones is 1. The fourth-order valence-electron chi connectivity index (χ4n) is 6.22. The van der Waals surface area contributed by atoms with Gasteiger partial charge in [0.05, 0.1) is 46.3 Å². The van der Waals surface area contributed by atoms with Gasteiger partial charge in [0.15, 0.2) is 40.0 Å². The summed E-state index contributed by atoms with van der Waals surface area (Å²) in [7, 11) is 0. The van der Waals surface area contributed by atoms with Gasteiger partial charge in [0.1, 0.15) is 55.2 Å². The molecule has 8 rings (SSSR count). The van der Waals surface area contributed by atoms with Crippen LogP contribution in [0.2, 0.25) is 0 Å². The van der Waals surface area contributed by atoms with E-state index in [-0.39, 0.29) is 67.1 Å². The van der Waals surface area contributed by atoms with Crippen LogP contribution in [0.15, 0.2) is 116 Å². The lowest BCUT2D eigenvalue weighted by atomic mass is 9.87. The molecule has 7 N–H and O–H groups in total. The number of hydrogen-bond acceptors (Lipinski definition) is 24. The number of carbonyl (C=O) groups excluding carboxylic acids is 2. The van der Waals surface area contributed by atoms with Crippen molar-refractivity contribution in [2.75, 3.05) is 32.2 Å². The highest BCUT2D eigenvalue weighted by Gasteiger charge is 2.33. The number of H-pyrrole nitrogens is 2. The van der Waals surface area contributed by atoms with E-state index in [0.29, 0.717) is 73.2 Å². The molecule has 0 aliphatic carbocycles. The lowest BCUT2D eigenvalue weighted by Gasteiger charge is -2.20. The number of carbonyl (C=O) groups is 2. The Labute approximate surface area is 586 Å². The van der Waals surface area contributed by atoms with E-state index in [1.165, 1.54) is 24.5 Å². The number of ether oxygens (including phenoxy) is 5. The lowest BCUT2D eigenvalue weighted by Crippen LogP contribution is -2.28. The second-order valence-corrected chi connectivity index (χ2v) is 33.1. The monoisotopic (exact) mass is 1420 g/mol. The van der Waals surface area contributed by atoms with E-state index >= 15 is 0 Å². The summed E-state index contributed by atoms with van der Waals surface area (Å²) in [6.45, 7) is 60.9. The standard InChI is InChI=1S/C11H16OS.C10H12F2O.C9H14O3S.2C8H14N2O2.C8H14N2OS.C8H12N2O.C7H13N3O/c1-11(2,3)8-13-10-7-5-4-6-9(10)12;1-10(2,3)6-4-7(11)9(13)8(12)5-6;1-9(2,3)12-5-7-6(10)4-8(11)13-7;3*1-6-9-7(10-12-6)5-11-8(2,3)4;1-8(2,3)6-4-5-9-7(11)10-6;1-7(2,3)11-4-6-8-5-9-10-6/h4-7,12H,8H2,1-3H3;4-5,13H,1-3H3;7H,4-5H2,1-3H3;3*1,5H2,2-4H3,(H,9,10);4-5H,1-3H3,(H,9,10,11);5H,4H2,1-3H3,(H,8,9,10). The summed E-state index contributed by atoms with van der Waals surface area (Å²) >= 11 is 4.23. The highest BCUT2D eigenvalue weighted by molar-refractivity contribution is 8.15. The number of nitrogens with one attached hydrogen (secondary N) is 5. The second kappa shape index (κ2) is 39.8. The molecule has 0 radical (unpaired) electrons. The van der Waals surface area contributed by atoms with Crippen molar-refractivity contribution in [2.24, 2.45) is 20.4 Å². The van der Waals surface area contributed by atoms with Gasteiger partial charge in [0.25, 0.3) is 0 Å². The molecule has 544 valence electrons. The van der Waals surface area contributed by atoms with E-state index in [9.17, 15) is 28.3 Å². The van der Waals surface area contributed by atoms with E-state index in [4.69, 9.17) is 38.5 Å². The first-order chi connectivity index (χ1) is 44.2. The van der Waals surface area contributed by atoms with E-state index in [1.807, 2.05) is 170 Å². The van der Waals surface area contributed by atoms with Crippen molar-refractivity contribution in [1.82, 2.24) is 40.8 Å². The van der Waals surface area contributed by atoms with Crippen LogP contribution in [-0.2, 0) is 60.4 Å². The Morgan fingerprint density at radius 1 is 0.619 bits per heavy atom. The first kappa shape index (κ1) is 88.4. The number of aliphatic imine (C=N–C) groups is 3. The average molecular weight is 1420 g/mol. The summed E-state index contributed by atoms with van der Waals surface area (Å²) in [4.78, 5) is 65.6. The first-order valence-corrected chi connectivity index (χ1v) is 33.9. The average Bonchev–Trinajstić information content (AvgIpc) is 1.72. The summed E-state index contributed by atoms with van der Waals surface area (Å²) in [6, 6.07) is 11.6. The van der Waals surface area contributed by atoms with Gasteiger partial charge in [0.2, 0.25) is 11.8 Å². The topological polar surface area (TPSA) is 300 Å². The Hall–Kier alpha value is -6.66. The van der Waals surface area contributed by atoms with E-state index in [1.54, 1.807) is 17.8 Å². The van der Waals surface area contributed by atoms with Gasteiger partial charge in [-0.05, 0) is 164 Å². The van der Waals surface area contributed by atoms with Crippen molar-refractivity contribution in [3.63, 3.8) is 0 Å². The number of halogens is 2. The maximum atomic E-state index is 12.9. The quantitative estimate of drug-likeness (QED) is 0.0394. The number of nitrogens with zero attached hydrogens (tertiary/aromatic N) is 6. The number of aromatic amines is 2. The number of rotatable bonds is 12. The van der Waals surface area contributed by atoms with E-state index in [0.717, 1.165) is 56.9 Å². The molecular formula is C69H109F2N11O12S3. The summed E-state index contributed by atoms with van der Waals surface area (Å²) in [5.74, 6) is 2.36. The van der Waals surface area contributed by atoms with Crippen molar-refractivity contribution < 1.29 is 61.9 Å². The fourth-order valence-corrected chi connectivity index (χ4v) is 8.59. The molecule has 1 saturated heterocycles. The SMILES string of the molecule is C=C1N=C(COC(C)(C)C)NO1.C=C1N=C(COC(C)(C)C)NO1.C=C1N=C(COC(C)(C)C)NS1.CC(C)(C)CSc1ccccc1O.CC(C)(C)OCC1SC(=O)CC1=O.CC(C)(C)OCc1ncn[nH]1.CC(C)(C)c1cc(F)c(O)c(F)c1.CC(C)(C)c1ccnc(=O)[nH]1. The molecule has 1 unspecified atom stereocenters. The predicted octanol–water partition coefficient (Wildman–Crippen LogP) is 14.4. The van der Waals surface area contributed by atoms with Gasteiger partial charge in [0, 0.05) is 39.9 Å². The van der Waals surface area contributed by atoms with Gasteiger partial charge in [-0.25, -0.2) is 39.5 Å². The van der Waals surface area contributed by atoms with Crippen molar-refractivity contribution in [1.29, 1.82) is 0 Å². The summed E-state index contributed by atoms with van der Waals surface area (Å²) in [5, 5.41) is 25.3. The Morgan fingerprint density at radius 2 is 1.09 bits per heavy atom. The molecule has 6 heterocycles. The highest BCUT2D eigenvalue weighted by Crippen LogP contribution is 2.33. The van der Waals surface area contributed by atoms with Gasteiger partial charge >= 0.3 is 5.69 Å². The smallest absolute Gasteiger partial charge is 0.345 e. The van der Waals surface area contributed by atoms with E-state index < -0.39 is 17.4 Å². The Bertz CT molecular complexity index is 3150. The maximum Gasteiger partial charge on any atom is 0.345 e. The molecule has 4 aliphatic rings. The van der Waals surface area contributed by atoms with Crippen LogP contribution in [0.1, 0.15) is 190 Å². The van der Waals surface area contributed by atoms with Gasteiger partial charge in [-0.3, -0.25) is 14.7 Å². The Balaban J connectivity index is 0.000000555.